The Bertz CT molecular complexity index is 873. The standard InChI is InChI=1S/C21H30N8OS2/c1-16-3-8-29(9-4-16)17-15-18(32-21-23-5-2-6-24-21)26-19(25-17)27-20(31)22-7-10-28-11-13-30-14-12-28/h2,5-6,15-16H,3-4,7-14H2,1H3,(H2,22,25,26,27,31). The van der Waals surface area contributed by atoms with E-state index in [4.69, 9.17) is 21.9 Å². The van der Waals surface area contributed by atoms with Crippen LogP contribution in [0, 0.1) is 5.92 Å². The van der Waals surface area contributed by atoms with Crippen molar-refractivity contribution in [1.29, 1.82) is 0 Å². The first-order valence-corrected chi connectivity index (χ1v) is 12.3. The normalized spacial score (nSPS) is 17.8. The quantitative estimate of drug-likeness (QED) is 0.352. The molecule has 0 aromatic carbocycles. The minimum absolute atomic E-state index is 0.489. The maximum Gasteiger partial charge on any atom is 0.232 e. The zero-order chi connectivity index (χ0) is 22.2. The molecule has 2 aromatic heterocycles. The predicted molar refractivity (Wildman–Crippen MR) is 130 cm³/mol. The summed E-state index contributed by atoms with van der Waals surface area (Å²) in [7, 11) is 0. The topological polar surface area (TPSA) is 91.3 Å². The SMILES string of the molecule is CC1CCN(c2cc(Sc3ncccn3)nc(NC(=S)NCCN3CCOCC3)n2)CC1. The number of morpholine rings is 1. The predicted octanol–water partition coefficient (Wildman–Crippen LogP) is 2.27. The lowest BCUT2D eigenvalue weighted by Crippen LogP contribution is -2.42. The van der Waals surface area contributed by atoms with Crippen molar-refractivity contribution < 1.29 is 4.74 Å². The molecule has 172 valence electrons. The Morgan fingerprint density at radius 3 is 2.66 bits per heavy atom. The summed E-state index contributed by atoms with van der Waals surface area (Å²) in [5.41, 5.74) is 0. The first kappa shape index (κ1) is 23.1. The average molecular weight is 475 g/mol. The van der Waals surface area contributed by atoms with Gasteiger partial charge < -0.3 is 20.3 Å². The zero-order valence-electron chi connectivity index (χ0n) is 18.4. The van der Waals surface area contributed by atoms with E-state index in [1.807, 2.05) is 6.07 Å². The fourth-order valence-electron chi connectivity index (χ4n) is 3.65. The molecule has 0 amide bonds. The second-order valence-corrected chi connectivity index (χ2v) is 9.42. The van der Waals surface area contributed by atoms with E-state index in [1.54, 1.807) is 18.5 Å². The van der Waals surface area contributed by atoms with Crippen LogP contribution in [-0.4, -0.2) is 82.4 Å². The number of nitrogens with one attached hydrogen (secondary N) is 2. The maximum absolute atomic E-state index is 5.50. The van der Waals surface area contributed by atoms with Gasteiger partial charge in [-0.05, 0) is 48.8 Å². The number of ether oxygens (including phenoxy) is 1. The van der Waals surface area contributed by atoms with Crippen molar-refractivity contribution in [3.63, 3.8) is 0 Å². The van der Waals surface area contributed by atoms with Crippen molar-refractivity contribution in [2.45, 2.75) is 29.9 Å². The average Bonchev–Trinajstić information content (AvgIpc) is 2.81. The smallest absolute Gasteiger partial charge is 0.232 e. The lowest BCUT2D eigenvalue weighted by Gasteiger charge is -2.31. The molecule has 0 saturated carbocycles. The van der Waals surface area contributed by atoms with Crippen molar-refractivity contribution >= 4 is 40.9 Å². The maximum atomic E-state index is 5.50. The van der Waals surface area contributed by atoms with Gasteiger partial charge in [-0.25, -0.2) is 15.0 Å². The van der Waals surface area contributed by atoms with Crippen molar-refractivity contribution in [3.8, 4) is 0 Å². The lowest BCUT2D eigenvalue weighted by molar-refractivity contribution is 0.0389. The first-order valence-electron chi connectivity index (χ1n) is 11.1. The van der Waals surface area contributed by atoms with Gasteiger partial charge in [0.15, 0.2) is 10.3 Å². The van der Waals surface area contributed by atoms with Crippen molar-refractivity contribution in [2.24, 2.45) is 5.92 Å². The van der Waals surface area contributed by atoms with Crippen molar-refractivity contribution in [1.82, 2.24) is 30.2 Å². The highest BCUT2D eigenvalue weighted by molar-refractivity contribution is 7.99. The Morgan fingerprint density at radius 1 is 1.16 bits per heavy atom. The Morgan fingerprint density at radius 2 is 1.91 bits per heavy atom. The molecule has 11 heteroatoms. The van der Waals surface area contributed by atoms with Gasteiger partial charge in [-0.2, -0.15) is 4.98 Å². The van der Waals surface area contributed by atoms with Crippen LogP contribution < -0.4 is 15.5 Å². The molecule has 0 radical (unpaired) electrons. The van der Waals surface area contributed by atoms with E-state index >= 15 is 0 Å². The molecule has 0 bridgehead atoms. The summed E-state index contributed by atoms with van der Waals surface area (Å²) in [5, 5.41) is 8.40. The molecule has 4 rings (SSSR count). The zero-order valence-corrected chi connectivity index (χ0v) is 20.0. The van der Waals surface area contributed by atoms with Gasteiger partial charge in [-0.1, -0.05) is 6.92 Å². The Hall–Kier alpha value is -2.08. The highest BCUT2D eigenvalue weighted by atomic mass is 32.2. The summed E-state index contributed by atoms with van der Waals surface area (Å²) < 4.78 is 5.40. The molecule has 2 saturated heterocycles. The van der Waals surface area contributed by atoms with Gasteiger partial charge in [0.25, 0.3) is 0 Å². The first-order chi connectivity index (χ1) is 15.7. The number of hydrogen-bond donors (Lipinski definition) is 2. The molecule has 0 spiro atoms. The lowest BCUT2D eigenvalue weighted by atomic mass is 9.99. The van der Waals surface area contributed by atoms with Crippen LogP contribution in [0.25, 0.3) is 0 Å². The van der Waals surface area contributed by atoms with Crippen molar-refractivity contribution in [2.75, 3.05) is 62.7 Å². The summed E-state index contributed by atoms with van der Waals surface area (Å²) in [4.78, 5) is 22.7. The van der Waals surface area contributed by atoms with E-state index in [9.17, 15) is 0 Å². The Balaban J connectivity index is 1.41. The molecule has 2 N–H and O–H groups in total. The third-order valence-corrected chi connectivity index (χ3v) is 6.64. The molecule has 2 aliphatic heterocycles. The fraction of sp³-hybridized carbons (Fsp3) is 0.571. The highest BCUT2D eigenvalue weighted by Gasteiger charge is 2.19. The summed E-state index contributed by atoms with van der Waals surface area (Å²) in [6, 6.07) is 3.81. The summed E-state index contributed by atoms with van der Waals surface area (Å²) >= 11 is 6.92. The van der Waals surface area contributed by atoms with Gasteiger partial charge in [-0.3, -0.25) is 4.90 Å². The van der Waals surface area contributed by atoms with Crippen LogP contribution in [0.15, 0.2) is 34.7 Å². The molecule has 2 aromatic rings. The molecular weight excluding hydrogens is 444 g/mol. The number of nitrogens with zero attached hydrogens (tertiary/aromatic N) is 6. The van der Waals surface area contributed by atoms with Crippen LogP contribution in [0.4, 0.5) is 11.8 Å². The van der Waals surface area contributed by atoms with Crippen LogP contribution in [0.3, 0.4) is 0 Å². The van der Waals surface area contributed by atoms with Gasteiger partial charge in [0.05, 0.1) is 13.2 Å². The van der Waals surface area contributed by atoms with E-state index in [0.29, 0.717) is 16.2 Å². The number of piperidine rings is 1. The van der Waals surface area contributed by atoms with E-state index in [1.165, 1.54) is 24.6 Å². The molecule has 4 heterocycles. The Labute approximate surface area is 198 Å². The van der Waals surface area contributed by atoms with Gasteiger partial charge in [-0.15, -0.1) is 0 Å². The third-order valence-electron chi connectivity index (χ3n) is 5.58. The Kier molecular flexibility index (Phi) is 8.43. The molecule has 0 aliphatic carbocycles. The number of aromatic nitrogens is 4. The summed E-state index contributed by atoms with van der Waals surface area (Å²) in [6.45, 7) is 9.48. The van der Waals surface area contributed by atoms with Crippen LogP contribution >= 0.6 is 24.0 Å². The molecule has 9 nitrogen and oxygen atoms in total. The third kappa shape index (κ3) is 6.96. The van der Waals surface area contributed by atoms with E-state index in [2.05, 4.69) is 42.3 Å². The molecule has 2 aliphatic rings. The van der Waals surface area contributed by atoms with Gasteiger partial charge in [0.2, 0.25) is 5.95 Å². The number of rotatable bonds is 7. The van der Waals surface area contributed by atoms with Crippen molar-refractivity contribution in [3.05, 3.63) is 24.5 Å². The highest BCUT2D eigenvalue weighted by Crippen LogP contribution is 2.28. The molecule has 0 unspecified atom stereocenters. The summed E-state index contributed by atoms with van der Waals surface area (Å²) in [6.07, 6.45) is 5.79. The number of anilines is 2. The second-order valence-electron chi connectivity index (χ2n) is 8.03. The van der Waals surface area contributed by atoms with E-state index in [0.717, 1.165) is 69.2 Å². The van der Waals surface area contributed by atoms with Gasteiger partial charge >= 0.3 is 0 Å². The summed E-state index contributed by atoms with van der Waals surface area (Å²) in [5.74, 6) is 2.15. The monoisotopic (exact) mass is 474 g/mol. The van der Waals surface area contributed by atoms with Crippen LogP contribution in [0.2, 0.25) is 0 Å². The molecule has 32 heavy (non-hydrogen) atoms. The van der Waals surface area contributed by atoms with E-state index < -0.39 is 0 Å². The minimum Gasteiger partial charge on any atom is -0.379 e. The van der Waals surface area contributed by atoms with E-state index in [-0.39, 0.29) is 0 Å². The molecule has 0 atom stereocenters. The van der Waals surface area contributed by atoms with Crippen LogP contribution in [-0.2, 0) is 4.74 Å². The fourth-order valence-corrected chi connectivity index (χ4v) is 4.55. The molecular formula is C21H30N8OS2. The largest absolute Gasteiger partial charge is 0.379 e. The van der Waals surface area contributed by atoms with Gasteiger partial charge in [0, 0.05) is 57.7 Å². The van der Waals surface area contributed by atoms with Crippen LogP contribution in [0.1, 0.15) is 19.8 Å². The second kappa shape index (κ2) is 11.7. The number of thiocarbonyl (C=S) groups is 1. The van der Waals surface area contributed by atoms with Gasteiger partial charge in [0.1, 0.15) is 10.8 Å². The molecule has 2 fully saturated rings. The van der Waals surface area contributed by atoms with Crippen LogP contribution in [0.5, 0.6) is 0 Å². The minimum atomic E-state index is 0.489. The number of hydrogen-bond acceptors (Lipinski definition) is 9.